The predicted molar refractivity (Wildman–Crippen MR) is 161 cm³/mol. The average Bonchev–Trinajstić information content (AvgIpc) is 3.50. The molecule has 0 radical (unpaired) electrons. The van der Waals surface area contributed by atoms with Gasteiger partial charge < -0.3 is 34.8 Å². The molecule has 4 rings (SSSR count). The summed E-state index contributed by atoms with van der Waals surface area (Å²) in [5.41, 5.74) is -1.11. The zero-order valence-corrected chi connectivity index (χ0v) is 24.8. The number of likely N-dealkylation sites (tertiary alicyclic amines) is 1. The molecule has 2 aliphatic heterocycles. The molecular weight excluding hydrogens is 538 g/mol. The van der Waals surface area contributed by atoms with Gasteiger partial charge in [-0.2, -0.15) is 9.97 Å². The Morgan fingerprint density at radius 3 is 2.38 bits per heavy atom. The van der Waals surface area contributed by atoms with Crippen molar-refractivity contribution in [1.82, 2.24) is 19.8 Å². The van der Waals surface area contributed by atoms with E-state index in [1.54, 1.807) is 28.9 Å². The molecule has 3 aliphatic rings. The van der Waals surface area contributed by atoms with Crippen molar-refractivity contribution in [2.45, 2.75) is 57.9 Å². The van der Waals surface area contributed by atoms with Gasteiger partial charge >= 0.3 is 12.1 Å². The monoisotopic (exact) mass is 583 g/mol. The van der Waals surface area contributed by atoms with E-state index in [1.807, 2.05) is 6.07 Å². The third-order valence-corrected chi connectivity index (χ3v) is 8.23. The summed E-state index contributed by atoms with van der Waals surface area (Å²) < 4.78 is 11.1. The molecule has 0 bridgehead atoms. The second kappa shape index (κ2) is 14.9. The van der Waals surface area contributed by atoms with Crippen LogP contribution in [0.1, 0.15) is 51.9 Å². The van der Waals surface area contributed by atoms with Crippen molar-refractivity contribution in [3.05, 3.63) is 31.4 Å². The molecule has 1 aliphatic carbocycles. The highest BCUT2D eigenvalue weighted by atomic mass is 16.6. The van der Waals surface area contributed by atoms with Gasteiger partial charge in [-0.25, -0.2) is 4.79 Å². The van der Waals surface area contributed by atoms with Crippen LogP contribution in [-0.2, 0) is 19.1 Å². The van der Waals surface area contributed by atoms with E-state index in [2.05, 4.69) is 38.7 Å². The minimum absolute atomic E-state index is 0.117. The lowest BCUT2D eigenvalue weighted by atomic mass is 9.72. The van der Waals surface area contributed by atoms with Gasteiger partial charge in [0.15, 0.2) is 0 Å². The molecule has 0 aromatic carbocycles. The van der Waals surface area contributed by atoms with Crippen molar-refractivity contribution in [3.8, 4) is 0 Å². The van der Waals surface area contributed by atoms with Crippen LogP contribution < -0.4 is 15.5 Å². The highest BCUT2D eigenvalue weighted by Crippen LogP contribution is 2.41. The lowest BCUT2D eigenvalue weighted by Crippen LogP contribution is -2.53. The molecule has 12 nitrogen and oxygen atoms in total. The number of piperazine rings is 1. The van der Waals surface area contributed by atoms with Crippen molar-refractivity contribution in [3.63, 3.8) is 0 Å². The molecule has 1 aromatic heterocycles. The summed E-state index contributed by atoms with van der Waals surface area (Å²) >= 11 is 0. The number of nitrogens with zero attached hydrogens (tertiary/aromatic N) is 5. The summed E-state index contributed by atoms with van der Waals surface area (Å²) in [6.45, 7) is 13.4. The first-order chi connectivity index (χ1) is 20.4. The number of rotatable bonds is 12. The Hall–Kier alpha value is -3.83. The largest absolute Gasteiger partial charge is 0.465 e. The number of amides is 2. The molecule has 1 atom stereocenters. The average molecular weight is 584 g/mol. The topological polar surface area (TPSA) is 129 Å². The molecule has 1 aromatic rings. The van der Waals surface area contributed by atoms with Crippen LogP contribution >= 0.6 is 0 Å². The smallest absolute Gasteiger partial charge is 0.409 e. The number of aromatic nitrogens is 2. The fourth-order valence-corrected chi connectivity index (χ4v) is 5.96. The van der Waals surface area contributed by atoms with Gasteiger partial charge in [-0.05, 0) is 32.6 Å². The van der Waals surface area contributed by atoms with E-state index in [0.717, 1.165) is 37.9 Å². The summed E-state index contributed by atoms with van der Waals surface area (Å²) in [6.07, 6.45) is 8.38. The third-order valence-electron chi connectivity index (χ3n) is 8.23. The van der Waals surface area contributed by atoms with Crippen molar-refractivity contribution in [2.24, 2.45) is 5.41 Å². The van der Waals surface area contributed by atoms with Crippen LogP contribution in [-0.4, -0.2) is 103 Å². The minimum Gasteiger partial charge on any atom is -0.465 e. The Labute approximate surface area is 248 Å². The van der Waals surface area contributed by atoms with E-state index in [9.17, 15) is 14.4 Å². The molecule has 12 heteroatoms. The van der Waals surface area contributed by atoms with Gasteiger partial charge in [0.1, 0.15) is 23.7 Å². The zero-order valence-electron chi connectivity index (χ0n) is 24.8. The molecule has 42 heavy (non-hydrogen) atoms. The van der Waals surface area contributed by atoms with Gasteiger partial charge in [0.25, 0.3) is 0 Å². The Morgan fingerprint density at radius 2 is 1.69 bits per heavy atom. The van der Waals surface area contributed by atoms with Crippen LogP contribution in [0.2, 0.25) is 0 Å². The van der Waals surface area contributed by atoms with E-state index in [4.69, 9.17) is 9.47 Å². The normalized spacial score (nSPS) is 20.0. The number of esters is 1. The van der Waals surface area contributed by atoms with Gasteiger partial charge in [0, 0.05) is 51.9 Å². The first kappa shape index (κ1) is 31.1. The van der Waals surface area contributed by atoms with Crippen molar-refractivity contribution >= 4 is 35.6 Å². The second-order valence-corrected chi connectivity index (χ2v) is 11.0. The maximum atomic E-state index is 13.8. The standard InChI is InChI=1S/C30H45N7O5/c1-4-14-31-24-21-25(34-28(33-24)32-15-5-2)35-17-19-36(20-18-35)29(40)42-22-23-11-10-16-37(23)26(38)30(27(39)41-6-3)12-8-7-9-13-30/h4-5,21,23H,1-2,6-20,22H2,3H3,(H2,31,32,33,34). The highest BCUT2D eigenvalue weighted by Gasteiger charge is 2.51. The van der Waals surface area contributed by atoms with E-state index in [1.165, 1.54) is 0 Å². The molecule has 2 amide bonds. The summed E-state index contributed by atoms with van der Waals surface area (Å²) in [5, 5.41) is 6.35. The Kier molecular flexibility index (Phi) is 11.0. The molecule has 1 unspecified atom stereocenters. The first-order valence-corrected chi connectivity index (χ1v) is 15.2. The number of nitrogens with one attached hydrogen (secondary N) is 2. The summed E-state index contributed by atoms with van der Waals surface area (Å²) in [7, 11) is 0. The molecule has 3 heterocycles. The third kappa shape index (κ3) is 7.32. The molecule has 230 valence electrons. The van der Waals surface area contributed by atoms with E-state index >= 15 is 0 Å². The van der Waals surface area contributed by atoms with Crippen LogP contribution in [0.5, 0.6) is 0 Å². The first-order valence-electron chi connectivity index (χ1n) is 15.2. The molecule has 0 spiro atoms. The van der Waals surface area contributed by atoms with Gasteiger partial charge in [-0.3, -0.25) is 9.59 Å². The summed E-state index contributed by atoms with van der Waals surface area (Å²) in [5.74, 6) is 1.36. The Bertz CT molecular complexity index is 1090. The maximum absolute atomic E-state index is 13.8. The Balaban J connectivity index is 1.32. The molecule has 3 fully saturated rings. The molecule has 2 saturated heterocycles. The van der Waals surface area contributed by atoms with Crippen molar-refractivity contribution in [2.75, 3.05) is 74.6 Å². The van der Waals surface area contributed by atoms with Crippen LogP contribution in [0.25, 0.3) is 0 Å². The molecule has 1 saturated carbocycles. The number of carbonyl (C=O) groups excluding carboxylic acids is 3. The number of hydrogen-bond donors (Lipinski definition) is 2. The van der Waals surface area contributed by atoms with E-state index < -0.39 is 17.5 Å². The molecular formula is C30H45N7O5. The second-order valence-electron chi connectivity index (χ2n) is 11.0. The zero-order chi connectivity index (χ0) is 30.0. The van der Waals surface area contributed by atoms with E-state index in [0.29, 0.717) is 70.4 Å². The van der Waals surface area contributed by atoms with Crippen LogP contribution in [0.4, 0.5) is 22.4 Å². The summed E-state index contributed by atoms with van der Waals surface area (Å²) in [4.78, 5) is 54.4. The van der Waals surface area contributed by atoms with Gasteiger partial charge in [0.2, 0.25) is 11.9 Å². The molecule has 2 N–H and O–H groups in total. The SMILES string of the molecule is C=CCNc1cc(N2CCN(C(=O)OCC3CCCN3C(=O)C3(C(=O)OCC)CCCCC3)CC2)nc(NCC=C)n1. The minimum atomic E-state index is -1.11. The number of ether oxygens (including phenoxy) is 2. The van der Waals surface area contributed by atoms with E-state index in [-0.39, 0.29) is 25.2 Å². The summed E-state index contributed by atoms with van der Waals surface area (Å²) in [6, 6.07) is 1.65. The van der Waals surface area contributed by atoms with Gasteiger partial charge in [-0.15, -0.1) is 13.2 Å². The van der Waals surface area contributed by atoms with Crippen LogP contribution in [0, 0.1) is 5.41 Å². The van der Waals surface area contributed by atoms with Crippen LogP contribution in [0.15, 0.2) is 31.4 Å². The van der Waals surface area contributed by atoms with Crippen molar-refractivity contribution < 1.29 is 23.9 Å². The fraction of sp³-hybridized carbons (Fsp3) is 0.633. The predicted octanol–water partition coefficient (Wildman–Crippen LogP) is 3.44. The highest BCUT2D eigenvalue weighted by molar-refractivity contribution is 6.03. The number of anilines is 3. The number of carbonyl (C=O) groups is 3. The van der Waals surface area contributed by atoms with Crippen LogP contribution in [0.3, 0.4) is 0 Å². The van der Waals surface area contributed by atoms with Gasteiger partial charge in [-0.1, -0.05) is 31.4 Å². The number of hydrogen-bond acceptors (Lipinski definition) is 10. The van der Waals surface area contributed by atoms with Crippen molar-refractivity contribution in [1.29, 1.82) is 0 Å². The quantitative estimate of drug-likeness (QED) is 0.214. The Morgan fingerprint density at radius 1 is 0.976 bits per heavy atom. The fourth-order valence-electron chi connectivity index (χ4n) is 5.96. The van der Waals surface area contributed by atoms with Gasteiger partial charge in [0.05, 0.1) is 12.6 Å². The lowest BCUT2D eigenvalue weighted by molar-refractivity contribution is -0.168. The maximum Gasteiger partial charge on any atom is 0.409 e. The lowest BCUT2D eigenvalue weighted by Gasteiger charge is -2.38.